The van der Waals surface area contributed by atoms with Gasteiger partial charge in [0, 0.05) is 29.7 Å². The lowest BCUT2D eigenvalue weighted by atomic mass is 10.1. The number of amides is 2. The molecule has 0 radical (unpaired) electrons. The molecule has 0 aromatic heterocycles. The first kappa shape index (κ1) is 33.3. The van der Waals surface area contributed by atoms with Gasteiger partial charge in [0.15, 0.2) is 0 Å². The monoisotopic (exact) mass is 630 g/mol. The molecule has 13 heteroatoms. The maximum Gasteiger partial charge on any atom is 0.273 e. The number of methoxy groups -OCH3 is 1. The molecule has 230 valence electrons. The number of benzene rings is 3. The van der Waals surface area contributed by atoms with Crippen LogP contribution < -0.4 is 14.4 Å². The van der Waals surface area contributed by atoms with Crippen molar-refractivity contribution in [3.8, 4) is 5.75 Å². The molecule has 0 aliphatic carbocycles. The van der Waals surface area contributed by atoms with Crippen molar-refractivity contribution in [3.63, 3.8) is 0 Å². The Balaban J connectivity index is 2.12. The Morgan fingerprint density at radius 3 is 2.33 bits per heavy atom. The Kier molecular flexibility index (Phi) is 11.5. The van der Waals surface area contributed by atoms with Crippen molar-refractivity contribution in [3.05, 3.63) is 93.0 Å². The third-order valence-electron chi connectivity index (χ3n) is 6.84. The maximum atomic E-state index is 14.1. The Labute approximate surface area is 256 Å². The second-order valence-corrected chi connectivity index (χ2v) is 12.0. The third kappa shape index (κ3) is 8.02. The number of halogens is 1. The Bertz CT molecular complexity index is 1560. The Morgan fingerprint density at radius 1 is 1.07 bits per heavy atom. The summed E-state index contributed by atoms with van der Waals surface area (Å²) >= 11 is 6.41. The highest BCUT2D eigenvalue weighted by molar-refractivity contribution is 7.92. The zero-order valence-electron chi connectivity index (χ0n) is 24.4. The van der Waals surface area contributed by atoms with E-state index in [0.717, 1.165) is 10.4 Å². The number of nitro groups is 1. The number of aryl methyl sites for hydroxylation is 1. The molecular weight excluding hydrogens is 596 g/mol. The largest absolute Gasteiger partial charge is 0.497 e. The number of anilines is 1. The van der Waals surface area contributed by atoms with E-state index >= 15 is 0 Å². The van der Waals surface area contributed by atoms with E-state index in [1.165, 1.54) is 55.3 Å². The van der Waals surface area contributed by atoms with Crippen molar-refractivity contribution in [2.45, 2.75) is 51.1 Å². The fourth-order valence-corrected chi connectivity index (χ4v) is 6.08. The molecule has 1 N–H and O–H groups in total. The zero-order valence-corrected chi connectivity index (χ0v) is 26.0. The Morgan fingerprint density at radius 2 is 1.74 bits per heavy atom. The predicted molar refractivity (Wildman–Crippen MR) is 165 cm³/mol. The number of hydrogen-bond donors (Lipinski definition) is 1. The van der Waals surface area contributed by atoms with E-state index in [1.807, 2.05) is 6.92 Å². The molecule has 0 fully saturated rings. The number of sulfonamides is 1. The molecule has 43 heavy (non-hydrogen) atoms. The van der Waals surface area contributed by atoms with Crippen molar-refractivity contribution >= 4 is 44.8 Å². The third-order valence-corrected chi connectivity index (χ3v) is 8.98. The fourth-order valence-electron chi connectivity index (χ4n) is 4.45. The van der Waals surface area contributed by atoms with Gasteiger partial charge in [-0.05, 0) is 61.7 Å². The van der Waals surface area contributed by atoms with Gasteiger partial charge in [-0.25, -0.2) is 8.42 Å². The number of nitrogens with zero attached hydrogens (tertiary/aromatic N) is 3. The van der Waals surface area contributed by atoms with Gasteiger partial charge in [0.25, 0.3) is 15.7 Å². The van der Waals surface area contributed by atoms with E-state index in [9.17, 15) is 28.1 Å². The molecule has 0 heterocycles. The number of carbonyl (C=O) groups is 2. The van der Waals surface area contributed by atoms with Crippen LogP contribution in [0, 0.1) is 17.0 Å². The van der Waals surface area contributed by atoms with E-state index in [4.69, 9.17) is 16.3 Å². The molecule has 0 saturated heterocycles. The summed E-state index contributed by atoms with van der Waals surface area (Å²) in [7, 11) is -3.05. The Hall–Kier alpha value is -4.16. The molecule has 0 aliphatic heterocycles. The van der Waals surface area contributed by atoms with Gasteiger partial charge in [0.2, 0.25) is 11.8 Å². The van der Waals surface area contributed by atoms with Crippen LogP contribution in [-0.2, 0) is 26.2 Å². The molecule has 0 spiro atoms. The lowest BCUT2D eigenvalue weighted by Gasteiger charge is -2.33. The van der Waals surface area contributed by atoms with Crippen LogP contribution in [0.4, 0.5) is 11.4 Å². The summed E-state index contributed by atoms with van der Waals surface area (Å²) in [5.74, 6) is -0.588. The zero-order chi connectivity index (χ0) is 31.7. The topological polar surface area (TPSA) is 139 Å². The van der Waals surface area contributed by atoms with Crippen LogP contribution in [0.5, 0.6) is 5.75 Å². The van der Waals surface area contributed by atoms with Crippen LogP contribution in [0.3, 0.4) is 0 Å². The number of rotatable bonds is 14. The molecule has 1 atom stereocenters. The summed E-state index contributed by atoms with van der Waals surface area (Å²) in [5.41, 5.74) is 0.609. The number of nitro benzene ring substituents is 1. The quantitative estimate of drug-likeness (QED) is 0.193. The average molecular weight is 631 g/mol. The molecule has 0 bridgehead atoms. The first-order valence-corrected chi connectivity index (χ1v) is 15.5. The minimum Gasteiger partial charge on any atom is -0.497 e. The molecular formula is C30H35ClN4O7S. The van der Waals surface area contributed by atoms with Gasteiger partial charge in [-0.15, -0.1) is 0 Å². The van der Waals surface area contributed by atoms with E-state index in [-0.39, 0.29) is 40.7 Å². The SMILES string of the molecule is CCCNC(=O)[C@H](CC)N(Cc1ccccc1Cl)C(=O)CN(c1ccc(OC)cc1)S(=O)(=O)c1ccc(C)c([N+](=O)[O-])c1. The van der Waals surface area contributed by atoms with Gasteiger partial charge in [-0.3, -0.25) is 24.0 Å². The van der Waals surface area contributed by atoms with Crippen LogP contribution >= 0.6 is 11.6 Å². The first-order valence-electron chi connectivity index (χ1n) is 13.7. The summed E-state index contributed by atoms with van der Waals surface area (Å²) in [6.45, 7) is 4.82. The van der Waals surface area contributed by atoms with Crippen LogP contribution in [-0.4, -0.2) is 56.3 Å². The van der Waals surface area contributed by atoms with Gasteiger partial charge in [-0.1, -0.05) is 49.7 Å². The lowest BCUT2D eigenvalue weighted by molar-refractivity contribution is -0.385. The minimum absolute atomic E-state index is 0.0525. The lowest BCUT2D eigenvalue weighted by Crippen LogP contribution is -2.52. The summed E-state index contributed by atoms with van der Waals surface area (Å²) in [6.07, 6.45) is 0.942. The van der Waals surface area contributed by atoms with Crippen molar-refractivity contribution < 1.29 is 27.7 Å². The molecule has 3 aromatic rings. The highest BCUT2D eigenvalue weighted by Crippen LogP contribution is 2.30. The van der Waals surface area contributed by atoms with E-state index in [1.54, 1.807) is 31.2 Å². The molecule has 0 saturated carbocycles. The highest BCUT2D eigenvalue weighted by Gasteiger charge is 2.34. The highest BCUT2D eigenvalue weighted by atomic mass is 35.5. The van der Waals surface area contributed by atoms with Crippen LogP contribution in [0.25, 0.3) is 0 Å². The van der Waals surface area contributed by atoms with Crippen LogP contribution in [0.2, 0.25) is 5.02 Å². The van der Waals surface area contributed by atoms with Crippen LogP contribution in [0.15, 0.2) is 71.6 Å². The predicted octanol–water partition coefficient (Wildman–Crippen LogP) is 5.09. The summed E-state index contributed by atoms with van der Waals surface area (Å²) < 4.78 is 34.2. The standard InChI is InChI=1S/C30H35ClN4O7S/c1-5-17-32-30(37)27(6-2)33(19-22-9-7-8-10-26(22)31)29(36)20-34(23-12-14-24(42-4)15-13-23)43(40,41)25-16-11-21(3)28(18-25)35(38)39/h7-16,18,27H,5-6,17,19-20H2,1-4H3,(H,32,37)/t27-/m0/s1. The van der Waals surface area contributed by atoms with E-state index in [0.29, 0.717) is 29.3 Å². The number of carbonyl (C=O) groups excluding carboxylic acids is 2. The van der Waals surface area contributed by atoms with Crippen molar-refractivity contribution in [2.24, 2.45) is 0 Å². The van der Waals surface area contributed by atoms with Crippen molar-refractivity contribution in [1.82, 2.24) is 10.2 Å². The van der Waals surface area contributed by atoms with E-state index < -0.39 is 33.4 Å². The normalized spacial score (nSPS) is 11.8. The molecule has 0 unspecified atom stereocenters. The number of ether oxygens (including phenoxy) is 1. The molecule has 0 aliphatic rings. The number of hydrogen-bond acceptors (Lipinski definition) is 7. The molecule has 2 amide bonds. The summed E-state index contributed by atoms with van der Waals surface area (Å²) in [6, 6.07) is 15.5. The maximum absolute atomic E-state index is 14.1. The van der Waals surface area contributed by atoms with Crippen molar-refractivity contribution in [2.75, 3.05) is 24.5 Å². The summed E-state index contributed by atoms with van der Waals surface area (Å²) in [4.78, 5) is 39.2. The van der Waals surface area contributed by atoms with Crippen molar-refractivity contribution in [1.29, 1.82) is 0 Å². The van der Waals surface area contributed by atoms with Crippen LogP contribution in [0.1, 0.15) is 37.8 Å². The number of nitrogens with one attached hydrogen (secondary N) is 1. The van der Waals surface area contributed by atoms with Gasteiger partial charge >= 0.3 is 0 Å². The smallest absolute Gasteiger partial charge is 0.273 e. The van der Waals surface area contributed by atoms with Gasteiger partial charge in [0.05, 0.1) is 22.6 Å². The molecule has 11 nitrogen and oxygen atoms in total. The summed E-state index contributed by atoms with van der Waals surface area (Å²) in [5, 5.41) is 14.8. The van der Waals surface area contributed by atoms with Gasteiger partial charge in [0.1, 0.15) is 18.3 Å². The average Bonchev–Trinajstić information content (AvgIpc) is 2.99. The molecule has 3 aromatic carbocycles. The fraction of sp³-hybridized carbons (Fsp3) is 0.333. The van der Waals surface area contributed by atoms with Gasteiger partial charge < -0.3 is 15.0 Å². The van der Waals surface area contributed by atoms with E-state index in [2.05, 4.69) is 5.32 Å². The molecule has 3 rings (SSSR count). The minimum atomic E-state index is -4.51. The second-order valence-electron chi connectivity index (χ2n) is 9.74. The second kappa shape index (κ2) is 14.8. The first-order chi connectivity index (χ1) is 20.4. The van der Waals surface area contributed by atoms with Gasteiger partial charge in [-0.2, -0.15) is 0 Å².